The Morgan fingerprint density at radius 2 is 0.507 bits per heavy atom. The SMILES string of the molecule is CCCCCCCCC1(CCCCCCCC)c2cc(N(c3ccc(C)c(CC)c3)c3ccc(C)c(CC)c3)ccc2-c2ccc(C(C)(C)C)cc21.CCCCCCCCC1(c2cc(CC)cc(CC)c2)c2cc(C)ccc2-c2ccc(N(c3ccc(C)c(C)c3)c3ccc(C)c(C)c3)cc21.CCCCCCc1cc(N(c2ccc(C)c(CCCCCC)c2)c2ccc3c(c2)C(C)(C)c2cc(C)ccc2-3)ccc1C. The zero-order valence-electron chi connectivity index (χ0n) is 94.1. The van der Waals surface area contributed by atoms with Gasteiger partial charge < -0.3 is 14.7 Å². The van der Waals surface area contributed by atoms with E-state index >= 15 is 0 Å². The molecule has 760 valence electrons. The number of rotatable bonds is 45. The Hall–Kier alpha value is -10.7. The van der Waals surface area contributed by atoms with Crippen molar-refractivity contribution in [2.75, 3.05) is 14.7 Å². The normalized spacial score (nSPS) is 13.8. The van der Waals surface area contributed by atoms with E-state index in [-0.39, 0.29) is 21.7 Å². The molecule has 16 rings (SSSR count). The topological polar surface area (TPSA) is 9.72 Å². The van der Waals surface area contributed by atoms with Crippen molar-refractivity contribution in [2.24, 2.45) is 0 Å². The monoisotopic (exact) mass is 1920 g/mol. The van der Waals surface area contributed by atoms with Gasteiger partial charge in [-0.05, 0) is 410 Å². The van der Waals surface area contributed by atoms with Gasteiger partial charge in [0.05, 0.1) is 0 Å². The van der Waals surface area contributed by atoms with Crippen LogP contribution in [0.5, 0.6) is 0 Å². The molecule has 0 N–H and O–H groups in total. The lowest BCUT2D eigenvalue weighted by Crippen LogP contribution is -2.28. The number of unbranched alkanes of at least 4 members (excludes halogenated alkanes) is 21. The Bertz CT molecular complexity index is 6280. The van der Waals surface area contributed by atoms with E-state index in [1.807, 2.05) is 0 Å². The summed E-state index contributed by atoms with van der Waals surface area (Å²) in [4.78, 5) is 7.57. The Morgan fingerprint density at radius 3 is 0.896 bits per heavy atom. The summed E-state index contributed by atoms with van der Waals surface area (Å²) in [6.45, 7) is 55.1. The molecule has 0 radical (unpaired) electrons. The van der Waals surface area contributed by atoms with E-state index in [4.69, 9.17) is 0 Å². The molecule has 13 aromatic carbocycles. The molecule has 0 heterocycles. The fourth-order valence-electron chi connectivity index (χ4n) is 24.2. The van der Waals surface area contributed by atoms with Gasteiger partial charge in [0.2, 0.25) is 0 Å². The summed E-state index contributed by atoms with van der Waals surface area (Å²) in [6, 6.07) is 93.8. The van der Waals surface area contributed by atoms with Gasteiger partial charge in [-0.3, -0.25) is 0 Å². The number of hydrogen-bond donors (Lipinski definition) is 0. The third-order valence-electron chi connectivity index (χ3n) is 33.6. The minimum Gasteiger partial charge on any atom is -0.310 e. The molecular formula is C141H181N3. The molecule has 144 heavy (non-hydrogen) atoms. The van der Waals surface area contributed by atoms with E-state index in [1.54, 1.807) is 11.1 Å². The van der Waals surface area contributed by atoms with Gasteiger partial charge in [0.15, 0.2) is 0 Å². The van der Waals surface area contributed by atoms with E-state index in [2.05, 4.69) is 417 Å². The zero-order chi connectivity index (χ0) is 103. The van der Waals surface area contributed by atoms with Crippen molar-refractivity contribution in [1.29, 1.82) is 0 Å². The van der Waals surface area contributed by atoms with Crippen LogP contribution in [0.15, 0.2) is 237 Å². The maximum absolute atomic E-state index is 2.64. The predicted molar refractivity (Wildman–Crippen MR) is 632 cm³/mol. The maximum atomic E-state index is 2.64. The summed E-state index contributed by atoms with van der Waals surface area (Å²) in [5.74, 6) is 0. The second-order valence-corrected chi connectivity index (χ2v) is 45.5. The first kappa shape index (κ1) is 109. The number of hydrogen-bond acceptors (Lipinski definition) is 3. The summed E-state index contributed by atoms with van der Waals surface area (Å²) < 4.78 is 0. The minimum atomic E-state index is -0.204. The molecule has 0 saturated carbocycles. The fraction of sp³-hybridized carbons (Fsp3) is 0.447. The van der Waals surface area contributed by atoms with Crippen LogP contribution in [0.2, 0.25) is 0 Å². The van der Waals surface area contributed by atoms with Crippen molar-refractivity contribution in [2.45, 2.75) is 413 Å². The van der Waals surface area contributed by atoms with E-state index < -0.39 is 0 Å². The molecule has 3 nitrogen and oxygen atoms in total. The molecule has 3 heteroatoms. The second kappa shape index (κ2) is 50.1. The smallest absolute Gasteiger partial charge is 0.0465 e. The zero-order valence-corrected chi connectivity index (χ0v) is 94.1. The number of fused-ring (bicyclic) bond motifs is 9. The number of anilines is 9. The van der Waals surface area contributed by atoms with Crippen molar-refractivity contribution < 1.29 is 0 Å². The van der Waals surface area contributed by atoms with Gasteiger partial charge in [0.25, 0.3) is 0 Å². The van der Waals surface area contributed by atoms with Gasteiger partial charge >= 0.3 is 0 Å². The van der Waals surface area contributed by atoms with E-state index in [1.165, 1.54) is 387 Å². The van der Waals surface area contributed by atoms with Crippen LogP contribution in [0, 0.1) is 69.2 Å². The van der Waals surface area contributed by atoms with Gasteiger partial charge in [-0.15, -0.1) is 0 Å². The highest BCUT2D eigenvalue weighted by Crippen LogP contribution is 2.60. The van der Waals surface area contributed by atoms with Crippen molar-refractivity contribution in [1.82, 2.24) is 0 Å². The Kier molecular flexibility index (Phi) is 37.9. The number of aryl methyl sites for hydroxylation is 16. The van der Waals surface area contributed by atoms with Gasteiger partial charge in [-0.25, -0.2) is 0 Å². The highest BCUT2D eigenvalue weighted by atomic mass is 15.2. The summed E-state index contributed by atoms with van der Waals surface area (Å²) in [6.07, 6.45) is 44.2. The summed E-state index contributed by atoms with van der Waals surface area (Å²) >= 11 is 0. The molecule has 0 saturated heterocycles. The number of nitrogens with zero attached hydrogens (tertiary/aromatic N) is 3. The third-order valence-corrected chi connectivity index (χ3v) is 33.6. The van der Waals surface area contributed by atoms with E-state index in [0.717, 1.165) is 44.9 Å². The van der Waals surface area contributed by atoms with Crippen LogP contribution in [0.4, 0.5) is 51.2 Å². The second-order valence-electron chi connectivity index (χ2n) is 45.5. The molecule has 13 aromatic rings. The van der Waals surface area contributed by atoms with Gasteiger partial charge in [0.1, 0.15) is 0 Å². The lowest BCUT2D eigenvalue weighted by molar-refractivity contribution is 0.397. The Morgan fingerprint density at radius 1 is 0.222 bits per heavy atom. The minimum absolute atomic E-state index is 0.0339. The van der Waals surface area contributed by atoms with Crippen LogP contribution in [0.1, 0.15) is 417 Å². The summed E-state index contributed by atoms with van der Waals surface area (Å²) in [5.41, 5.74) is 53.8. The molecule has 0 fully saturated rings. The lowest BCUT2D eigenvalue weighted by Gasteiger charge is -2.35. The van der Waals surface area contributed by atoms with Gasteiger partial charge in [0, 0.05) is 67.4 Å². The molecule has 0 bridgehead atoms. The molecule has 0 spiro atoms. The van der Waals surface area contributed by atoms with E-state index in [9.17, 15) is 0 Å². The molecule has 0 amide bonds. The highest BCUT2D eigenvalue weighted by molar-refractivity contribution is 5.91. The first-order valence-corrected chi connectivity index (χ1v) is 57.4. The third kappa shape index (κ3) is 24.7. The molecule has 1 unspecified atom stereocenters. The molecule has 1 atom stereocenters. The van der Waals surface area contributed by atoms with Crippen LogP contribution in [0.3, 0.4) is 0 Å². The van der Waals surface area contributed by atoms with Gasteiger partial charge in [-0.2, -0.15) is 0 Å². The average molecular weight is 1920 g/mol. The maximum Gasteiger partial charge on any atom is 0.0465 e. The van der Waals surface area contributed by atoms with Crippen LogP contribution in [-0.4, -0.2) is 0 Å². The van der Waals surface area contributed by atoms with Crippen molar-refractivity contribution >= 4 is 51.2 Å². The molecule has 0 aliphatic heterocycles. The Balaban J connectivity index is 0.000000172. The van der Waals surface area contributed by atoms with Crippen molar-refractivity contribution in [3.63, 3.8) is 0 Å². The molecule has 0 aromatic heterocycles. The lowest BCUT2D eigenvalue weighted by atomic mass is 9.68. The molecule has 3 aliphatic carbocycles. The first-order chi connectivity index (χ1) is 69.5. The Labute approximate surface area is 875 Å². The predicted octanol–water partition coefficient (Wildman–Crippen LogP) is 42.5. The summed E-state index contributed by atoms with van der Waals surface area (Å²) in [7, 11) is 0. The van der Waals surface area contributed by atoms with Crippen molar-refractivity contribution in [3.05, 3.63) is 370 Å². The fourth-order valence-corrected chi connectivity index (χ4v) is 24.2. The van der Waals surface area contributed by atoms with Crippen LogP contribution >= 0.6 is 0 Å². The van der Waals surface area contributed by atoms with Crippen LogP contribution in [0.25, 0.3) is 33.4 Å². The standard InChI is InChI=1S/C51H71N.C48H57N.C42H53N/c1-10-14-16-18-20-22-32-51(33-23-21-19-17-15-11-2)48-36-42(50(7,8)9)26-30-46(48)47-31-29-45(37-49(47)51)52(43-27-24-38(5)40(12-3)34-43)44-28-25-39(6)41(13-4)35-44;1-9-12-13-14-15-16-25-48(40-30-38(10-2)29-39(11-3)31-40)46-26-33(4)17-23-44(46)45-24-22-43(32-47(45)48)49(41-20-18-34(5)36(7)27-41)42-21-19-35(6)37(8)28-42;1-8-10-12-14-16-33-27-35(21-19-31(33)4)43(36-22-20-32(5)34(28-36)17-15-13-11-9-2)37-23-25-39-38-24-18-30(3)26-40(38)42(6,7)41(39)29-37/h24-31,34-37H,10-23,32-33H2,1-9H3;17-24,26-32H,9-16,25H2,1-8H3;18-29H,8-17H2,1-7H3. The van der Waals surface area contributed by atoms with Crippen molar-refractivity contribution in [3.8, 4) is 33.4 Å². The highest BCUT2D eigenvalue weighted by Gasteiger charge is 2.47. The quantitative estimate of drug-likeness (QED) is 0.0352. The van der Waals surface area contributed by atoms with E-state index in [0.29, 0.717) is 0 Å². The average Bonchev–Trinajstić information content (AvgIpc) is 1.54. The number of benzene rings is 13. The summed E-state index contributed by atoms with van der Waals surface area (Å²) in [5, 5.41) is 0. The van der Waals surface area contributed by atoms with Crippen LogP contribution < -0.4 is 14.7 Å². The van der Waals surface area contributed by atoms with Gasteiger partial charge in [-0.1, -0.05) is 390 Å². The molecule has 3 aliphatic rings. The van der Waals surface area contributed by atoms with Crippen LogP contribution in [-0.2, 0) is 60.2 Å². The molecular weight excluding hydrogens is 1740 g/mol. The largest absolute Gasteiger partial charge is 0.310 e. The first-order valence-electron chi connectivity index (χ1n) is 57.4.